The minimum absolute atomic E-state index is 0.528. The van der Waals surface area contributed by atoms with Crippen molar-refractivity contribution in [3.05, 3.63) is 29.3 Å². The highest BCUT2D eigenvalue weighted by Gasteiger charge is 2.14. The highest BCUT2D eigenvalue weighted by Crippen LogP contribution is 2.22. The molecule has 2 nitrogen and oxygen atoms in total. The molecule has 3 heteroatoms. The summed E-state index contributed by atoms with van der Waals surface area (Å²) in [7, 11) is 0. The van der Waals surface area contributed by atoms with Crippen LogP contribution in [-0.2, 0) is 0 Å². The molecule has 0 spiro atoms. The molecule has 1 heterocycles. The lowest BCUT2D eigenvalue weighted by molar-refractivity contribution is 0.793. The van der Waals surface area contributed by atoms with E-state index in [1.807, 2.05) is 24.3 Å². The molecular weight excluding hydrogens is 184 g/mol. The summed E-state index contributed by atoms with van der Waals surface area (Å²) in [5, 5.41) is 7.52. The average molecular weight is 197 g/mol. The van der Waals surface area contributed by atoms with Crippen LogP contribution in [0.5, 0.6) is 0 Å². The highest BCUT2D eigenvalue weighted by molar-refractivity contribution is 6.33. The average Bonchev–Trinajstić information content (AvgIpc) is 2.61. The topological polar surface area (TPSA) is 24.1 Å². The second-order valence-corrected chi connectivity index (χ2v) is 3.72. The highest BCUT2D eigenvalue weighted by atomic mass is 35.5. The number of benzene rings is 1. The summed E-state index contributed by atoms with van der Waals surface area (Å²) >= 11 is 6.02. The molecule has 13 heavy (non-hydrogen) atoms. The van der Waals surface area contributed by atoms with Crippen LogP contribution in [0.25, 0.3) is 0 Å². The van der Waals surface area contributed by atoms with Crippen LogP contribution in [0, 0.1) is 0 Å². The van der Waals surface area contributed by atoms with Crippen molar-refractivity contribution in [2.45, 2.75) is 12.5 Å². The standard InChI is InChI=1S/C10H13ClN2/c11-9-3-1-2-4-10(9)13-8-5-6-12-7-8/h1-4,8,12-13H,5-7H2. The second kappa shape index (κ2) is 3.99. The van der Waals surface area contributed by atoms with Gasteiger partial charge in [-0.3, -0.25) is 0 Å². The molecule has 70 valence electrons. The fourth-order valence-electron chi connectivity index (χ4n) is 1.58. The van der Waals surface area contributed by atoms with E-state index in [-0.39, 0.29) is 0 Å². The fraction of sp³-hybridized carbons (Fsp3) is 0.400. The number of hydrogen-bond acceptors (Lipinski definition) is 2. The second-order valence-electron chi connectivity index (χ2n) is 3.31. The van der Waals surface area contributed by atoms with Crippen molar-refractivity contribution in [2.24, 2.45) is 0 Å². The van der Waals surface area contributed by atoms with Crippen LogP contribution in [0.3, 0.4) is 0 Å². The first-order valence-corrected chi connectivity index (χ1v) is 4.96. The number of halogens is 1. The van der Waals surface area contributed by atoms with Gasteiger partial charge in [0.1, 0.15) is 0 Å². The van der Waals surface area contributed by atoms with Crippen LogP contribution in [0.15, 0.2) is 24.3 Å². The Morgan fingerprint density at radius 2 is 2.23 bits per heavy atom. The van der Waals surface area contributed by atoms with Gasteiger partial charge >= 0.3 is 0 Å². The third-order valence-electron chi connectivity index (χ3n) is 2.29. The lowest BCUT2D eigenvalue weighted by atomic mass is 10.2. The number of para-hydroxylation sites is 1. The largest absolute Gasteiger partial charge is 0.380 e. The van der Waals surface area contributed by atoms with Gasteiger partial charge in [-0.05, 0) is 25.1 Å². The molecule has 1 saturated heterocycles. The van der Waals surface area contributed by atoms with Crippen molar-refractivity contribution in [1.82, 2.24) is 5.32 Å². The first kappa shape index (κ1) is 8.85. The third-order valence-corrected chi connectivity index (χ3v) is 2.62. The van der Waals surface area contributed by atoms with Gasteiger partial charge in [0, 0.05) is 12.6 Å². The molecule has 0 amide bonds. The summed E-state index contributed by atoms with van der Waals surface area (Å²) in [5.41, 5.74) is 1.04. The molecule has 1 aliphatic rings. The van der Waals surface area contributed by atoms with E-state index in [4.69, 9.17) is 11.6 Å². The van der Waals surface area contributed by atoms with Gasteiger partial charge in [-0.1, -0.05) is 23.7 Å². The first-order chi connectivity index (χ1) is 6.36. The molecule has 1 aromatic rings. The predicted octanol–water partition coefficient (Wildman–Crippen LogP) is 2.11. The van der Waals surface area contributed by atoms with E-state index in [0.717, 1.165) is 23.8 Å². The quantitative estimate of drug-likeness (QED) is 0.757. The van der Waals surface area contributed by atoms with Crippen LogP contribution >= 0.6 is 11.6 Å². The zero-order chi connectivity index (χ0) is 9.10. The molecule has 1 unspecified atom stereocenters. The normalized spacial score (nSPS) is 21.8. The summed E-state index contributed by atoms with van der Waals surface area (Å²) in [6, 6.07) is 8.39. The molecule has 0 saturated carbocycles. The maximum atomic E-state index is 6.02. The van der Waals surface area contributed by atoms with Gasteiger partial charge < -0.3 is 10.6 Å². The summed E-state index contributed by atoms with van der Waals surface area (Å²) < 4.78 is 0. The molecule has 2 N–H and O–H groups in total. The van der Waals surface area contributed by atoms with E-state index in [0.29, 0.717) is 6.04 Å². The summed E-state index contributed by atoms with van der Waals surface area (Å²) in [5.74, 6) is 0. The SMILES string of the molecule is Clc1ccccc1NC1CCNC1. The molecule has 1 aliphatic heterocycles. The maximum absolute atomic E-state index is 6.02. The summed E-state index contributed by atoms with van der Waals surface area (Å²) in [4.78, 5) is 0. The van der Waals surface area contributed by atoms with E-state index in [1.54, 1.807) is 0 Å². The van der Waals surface area contributed by atoms with Crippen LogP contribution in [0.4, 0.5) is 5.69 Å². The Morgan fingerprint density at radius 1 is 1.38 bits per heavy atom. The zero-order valence-electron chi connectivity index (χ0n) is 7.39. The minimum atomic E-state index is 0.528. The molecule has 1 atom stereocenters. The first-order valence-electron chi connectivity index (χ1n) is 4.58. The van der Waals surface area contributed by atoms with E-state index in [2.05, 4.69) is 10.6 Å². The smallest absolute Gasteiger partial charge is 0.0637 e. The number of rotatable bonds is 2. The van der Waals surface area contributed by atoms with Crippen molar-refractivity contribution in [1.29, 1.82) is 0 Å². The Balaban J connectivity index is 2.04. The van der Waals surface area contributed by atoms with Crippen molar-refractivity contribution in [3.8, 4) is 0 Å². The molecule has 1 fully saturated rings. The van der Waals surface area contributed by atoms with Gasteiger partial charge in [0.05, 0.1) is 10.7 Å². The fourth-order valence-corrected chi connectivity index (χ4v) is 1.77. The van der Waals surface area contributed by atoms with Gasteiger partial charge in [0.25, 0.3) is 0 Å². The van der Waals surface area contributed by atoms with Gasteiger partial charge in [-0.25, -0.2) is 0 Å². The lowest BCUT2D eigenvalue weighted by Gasteiger charge is -2.13. The molecule has 0 radical (unpaired) electrons. The summed E-state index contributed by atoms with van der Waals surface area (Å²) in [6.45, 7) is 2.13. The van der Waals surface area contributed by atoms with Crippen LogP contribution in [0.1, 0.15) is 6.42 Å². The Kier molecular flexibility index (Phi) is 2.71. The maximum Gasteiger partial charge on any atom is 0.0637 e. The zero-order valence-corrected chi connectivity index (χ0v) is 8.14. The summed E-state index contributed by atoms with van der Waals surface area (Å²) in [6.07, 6.45) is 1.17. The number of hydrogen-bond donors (Lipinski definition) is 2. The number of anilines is 1. The van der Waals surface area contributed by atoms with E-state index >= 15 is 0 Å². The van der Waals surface area contributed by atoms with Crippen molar-refractivity contribution in [2.75, 3.05) is 18.4 Å². The van der Waals surface area contributed by atoms with Crippen LogP contribution in [0.2, 0.25) is 5.02 Å². The van der Waals surface area contributed by atoms with E-state index in [1.165, 1.54) is 6.42 Å². The van der Waals surface area contributed by atoms with Crippen LogP contribution < -0.4 is 10.6 Å². The molecule has 2 rings (SSSR count). The van der Waals surface area contributed by atoms with Crippen molar-refractivity contribution >= 4 is 17.3 Å². The third kappa shape index (κ3) is 2.14. The number of nitrogens with one attached hydrogen (secondary N) is 2. The molecular formula is C10H13ClN2. The Hall–Kier alpha value is -0.730. The lowest BCUT2D eigenvalue weighted by Crippen LogP contribution is -2.22. The monoisotopic (exact) mass is 196 g/mol. The molecule has 1 aromatic carbocycles. The van der Waals surface area contributed by atoms with Gasteiger partial charge in [0.2, 0.25) is 0 Å². The van der Waals surface area contributed by atoms with Gasteiger partial charge in [-0.15, -0.1) is 0 Å². The molecule has 0 bridgehead atoms. The minimum Gasteiger partial charge on any atom is -0.380 e. The van der Waals surface area contributed by atoms with Crippen molar-refractivity contribution in [3.63, 3.8) is 0 Å². The van der Waals surface area contributed by atoms with Crippen molar-refractivity contribution < 1.29 is 0 Å². The Bertz CT molecular complexity index is 282. The molecule has 0 aromatic heterocycles. The van der Waals surface area contributed by atoms with Gasteiger partial charge in [-0.2, -0.15) is 0 Å². The van der Waals surface area contributed by atoms with E-state index < -0.39 is 0 Å². The molecule has 0 aliphatic carbocycles. The van der Waals surface area contributed by atoms with E-state index in [9.17, 15) is 0 Å². The van der Waals surface area contributed by atoms with Crippen LogP contribution in [-0.4, -0.2) is 19.1 Å². The Labute approximate surface area is 83.3 Å². The van der Waals surface area contributed by atoms with Gasteiger partial charge in [0.15, 0.2) is 0 Å². The predicted molar refractivity (Wildman–Crippen MR) is 56.3 cm³/mol. The Morgan fingerprint density at radius 3 is 2.92 bits per heavy atom.